The summed E-state index contributed by atoms with van der Waals surface area (Å²) in [4.78, 5) is 21.7. The van der Waals surface area contributed by atoms with Gasteiger partial charge in [-0.2, -0.15) is 5.10 Å². The number of pyridine rings is 1. The van der Waals surface area contributed by atoms with Crippen molar-refractivity contribution >= 4 is 23.6 Å². The Labute approximate surface area is 172 Å². The van der Waals surface area contributed by atoms with Crippen LogP contribution in [0.1, 0.15) is 11.4 Å². The molecule has 2 aliphatic heterocycles. The Kier molecular flexibility index (Phi) is 5.12. The van der Waals surface area contributed by atoms with Crippen molar-refractivity contribution in [3.63, 3.8) is 0 Å². The number of carbonyl (C=O) groups excluding carboxylic acids is 1. The highest BCUT2D eigenvalue weighted by Gasteiger charge is 2.37. The molecule has 0 spiro atoms. The molecule has 29 heavy (non-hydrogen) atoms. The number of aromatic nitrogens is 3. The third-order valence-electron chi connectivity index (χ3n) is 5.26. The third-order valence-corrected chi connectivity index (χ3v) is 5.67. The van der Waals surface area contributed by atoms with Crippen LogP contribution in [0.25, 0.3) is 11.1 Å². The van der Waals surface area contributed by atoms with Gasteiger partial charge < -0.3 is 9.64 Å². The number of rotatable bonds is 4. The normalized spacial score (nSPS) is 22.0. The van der Waals surface area contributed by atoms with Crippen molar-refractivity contribution in [3.05, 3.63) is 40.4 Å². The third kappa shape index (κ3) is 3.64. The van der Waals surface area contributed by atoms with E-state index in [1.165, 1.54) is 6.21 Å². The largest absolute Gasteiger partial charge is 0.469 e. The highest BCUT2D eigenvalue weighted by molar-refractivity contribution is 6.44. The summed E-state index contributed by atoms with van der Waals surface area (Å²) in [7, 11) is 1.89. The lowest BCUT2D eigenvalue weighted by atomic mass is 10.1. The lowest BCUT2D eigenvalue weighted by molar-refractivity contribution is -0.113. The quantitative estimate of drug-likeness (QED) is 0.764. The molecule has 4 heterocycles. The maximum atomic E-state index is 14.7. The van der Waals surface area contributed by atoms with Crippen LogP contribution in [-0.4, -0.2) is 63.6 Å². The van der Waals surface area contributed by atoms with Gasteiger partial charge in [0, 0.05) is 36.8 Å². The fourth-order valence-electron chi connectivity index (χ4n) is 3.72. The standard InChI is InChI=1S/C20H21ClFN5O2/c1-11-19(12(2)26(3)25-11)13-4-5-24-18(6-13)29-17-10-27(9-14(17)22)15-7-23-8-16(28)20(15)21/h4-7,14,17H,8-10H2,1-3H3/t14-,17-/m0/s1. The summed E-state index contributed by atoms with van der Waals surface area (Å²) >= 11 is 6.10. The molecule has 2 aliphatic rings. The van der Waals surface area contributed by atoms with Crippen LogP contribution in [0.15, 0.2) is 34.1 Å². The van der Waals surface area contributed by atoms with Gasteiger partial charge in [0.05, 0.1) is 24.5 Å². The van der Waals surface area contributed by atoms with Gasteiger partial charge in [0.25, 0.3) is 0 Å². The molecule has 4 rings (SSSR count). The van der Waals surface area contributed by atoms with Gasteiger partial charge >= 0.3 is 0 Å². The van der Waals surface area contributed by atoms with Crippen LogP contribution >= 0.6 is 11.6 Å². The first kappa shape index (κ1) is 19.6. The second-order valence-corrected chi connectivity index (χ2v) is 7.60. The number of ketones is 1. The number of Topliss-reactive ketones (excluding diaryl/α,β-unsaturated/α-hetero) is 1. The molecular weight excluding hydrogens is 397 g/mol. The molecule has 0 saturated carbocycles. The second-order valence-electron chi connectivity index (χ2n) is 7.22. The number of hydrogen-bond acceptors (Lipinski definition) is 6. The van der Waals surface area contributed by atoms with Crippen molar-refractivity contribution in [3.8, 4) is 17.0 Å². The topological polar surface area (TPSA) is 72.6 Å². The van der Waals surface area contributed by atoms with Crippen molar-refractivity contribution in [2.75, 3.05) is 19.6 Å². The van der Waals surface area contributed by atoms with Crippen LogP contribution in [0.3, 0.4) is 0 Å². The van der Waals surface area contributed by atoms with Gasteiger partial charge in [-0.25, -0.2) is 9.37 Å². The Hall–Kier alpha value is -2.74. The number of ether oxygens (including phenoxy) is 1. The molecule has 0 bridgehead atoms. The van der Waals surface area contributed by atoms with Crippen LogP contribution in [0, 0.1) is 13.8 Å². The number of likely N-dealkylation sites (tertiary alicyclic amines) is 1. The minimum absolute atomic E-state index is 0.0268. The van der Waals surface area contributed by atoms with E-state index in [1.54, 1.807) is 17.2 Å². The van der Waals surface area contributed by atoms with Crippen LogP contribution in [0.4, 0.5) is 4.39 Å². The first-order valence-electron chi connectivity index (χ1n) is 9.30. The maximum absolute atomic E-state index is 14.7. The molecule has 152 valence electrons. The Morgan fingerprint density at radius 1 is 1.31 bits per heavy atom. The number of aryl methyl sites for hydroxylation is 2. The molecule has 2 aromatic heterocycles. The zero-order valence-electron chi connectivity index (χ0n) is 16.4. The number of aliphatic imine (C=N–C) groups is 1. The number of halogens is 2. The summed E-state index contributed by atoms with van der Waals surface area (Å²) in [6.07, 6.45) is 1.19. The number of carbonyl (C=O) groups is 1. The van der Waals surface area contributed by atoms with E-state index in [0.717, 1.165) is 22.5 Å². The molecule has 1 saturated heterocycles. The number of nitrogens with zero attached hydrogens (tertiary/aromatic N) is 5. The molecule has 2 aromatic rings. The highest BCUT2D eigenvalue weighted by Crippen LogP contribution is 2.30. The van der Waals surface area contributed by atoms with Gasteiger partial charge in [-0.15, -0.1) is 0 Å². The van der Waals surface area contributed by atoms with Crippen molar-refractivity contribution in [2.24, 2.45) is 12.0 Å². The summed E-state index contributed by atoms with van der Waals surface area (Å²) in [5.74, 6) is 0.0774. The first-order chi connectivity index (χ1) is 13.8. The van der Waals surface area contributed by atoms with E-state index < -0.39 is 12.3 Å². The Bertz CT molecular complexity index is 1030. The fraction of sp³-hybridized carbons (Fsp3) is 0.400. The minimum atomic E-state index is -1.25. The van der Waals surface area contributed by atoms with Gasteiger partial charge in [0.15, 0.2) is 18.1 Å². The summed E-state index contributed by atoms with van der Waals surface area (Å²) < 4.78 is 22.3. The SMILES string of the molecule is Cc1nn(C)c(C)c1-c1ccnc(O[C@H]2CN(C3=C(Cl)C(=O)CN=C3)C[C@@H]2F)c1. The smallest absolute Gasteiger partial charge is 0.214 e. The van der Waals surface area contributed by atoms with Gasteiger partial charge in [-0.3, -0.25) is 14.5 Å². The second kappa shape index (κ2) is 7.59. The van der Waals surface area contributed by atoms with E-state index in [-0.39, 0.29) is 30.4 Å². The predicted octanol–water partition coefficient (Wildman–Crippen LogP) is 2.60. The van der Waals surface area contributed by atoms with Crippen molar-refractivity contribution < 1.29 is 13.9 Å². The molecule has 0 unspecified atom stereocenters. The molecule has 2 atom stereocenters. The number of dihydropyridines is 1. The Balaban J connectivity index is 1.54. The monoisotopic (exact) mass is 417 g/mol. The number of allylic oxidation sites excluding steroid dienone is 1. The van der Waals surface area contributed by atoms with Crippen molar-refractivity contribution in [1.82, 2.24) is 19.7 Å². The van der Waals surface area contributed by atoms with Gasteiger partial charge in [-0.05, 0) is 25.5 Å². The Morgan fingerprint density at radius 3 is 2.83 bits per heavy atom. The van der Waals surface area contributed by atoms with Gasteiger partial charge in [0.2, 0.25) is 5.88 Å². The van der Waals surface area contributed by atoms with Gasteiger partial charge in [0.1, 0.15) is 11.6 Å². The molecule has 0 N–H and O–H groups in total. The fourth-order valence-corrected chi connectivity index (χ4v) is 3.95. The average Bonchev–Trinajstić information content (AvgIpc) is 3.16. The lowest BCUT2D eigenvalue weighted by Gasteiger charge is -2.21. The first-order valence-corrected chi connectivity index (χ1v) is 9.68. The molecule has 7 nitrogen and oxygen atoms in total. The van der Waals surface area contributed by atoms with Crippen LogP contribution in [0.5, 0.6) is 5.88 Å². The molecule has 0 aromatic carbocycles. The predicted molar refractivity (Wildman–Crippen MR) is 108 cm³/mol. The maximum Gasteiger partial charge on any atom is 0.214 e. The lowest BCUT2D eigenvalue weighted by Crippen LogP contribution is -2.29. The average molecular weight is 418 g/mol. The van der Waals surface area contributed by atoms with E-state index in [1.807, 2.05) is 31.6 Å². The van der Waals surface area contributed by atoms with Crippen LogP contribution < -0.4 is 4.74 Å². The van der Waals surface area contributed by atoms with Crippen LogP contribution in [0.2, 0.25) is 0 Å². The van der Waals surface area contributed by atoms with E-state index >= 15 is 0 Å². The molecular formula is C20H21ClFN5O2. The van der Waals surface area contributed by atoms with E-state index in [9.17, 15) is 9.18 Å². The van der Waals surface area contributed by atoms with E-state index in [0.29, 0.717) is 11.6 Å². The molecule has 1 fully saturated rings. The van der Waals surface area contributed by atoms with Gasteiger partial charge in [-0.1, -0.05) is 11.6 Å². The Morgan fingerprint density at radius 2 is 2.10 bits per heavy atom. The van der Waals surface area contributed by atoms with Crippen molar-refractivity contribution in [1.29, 1.82) is 0 Å². The number of hydrogen-bond donors (Lipinski definition) is 0. The van der Waals surface area contributed by atoms with Crippen molar-refractivity contribution in [2.45, 2.75) is 26.1 Å². The molecule has 9 heteroatoms. The summed E-state index contributed by atoms with van der Waals surface area (Å²) in [5, 5.41) is 4.53. The van der Waals surface area contributed by atoms with Crippen LogP contribution in [-0.2, 0) is 11.8 Å². The highest BCUT2D eigenvalue weighted by atomic mass is 35.5. The zero-order chi connectivity index (χ0) is 20.7. The summed E-state index contributed by atoms with van der Waals surface area (Å²) in [6.45, 7) is 4.30. The number of alkyl halides is 1. The van der Waals surface area contributed by atoms with E-state index in [2.05, 4.69) is 15.1 Å². The zero-order valence-corrected chi connectivity index (χ0v) is 17.1. The molecule has 0 radical (unpaired) electrons. The molecule has 0 amide bonds. The minimum Gasteiger partial charge on any atom is -0.469 e. The summed E-state index contributed by atoms with van der Waals surface area (Å²) in [5.41, 5.74) is 4.30. The molecule has 0 aliphatic carbocycles. The summed E-state index contributed by atoms with van der Waals surface area (Å²) in [6, 6.07) is 3.68. The van der Waals surface area contributed by atoms with E-state index in [4.69, 9.17) is 16.3 Å².